The molecule has 0 aromatic heterocycles. The van der Waals surface area contributed by atoms with Gasteiger partial charge in [0.2, 0.25) is 10.0 Å². The molecule has 6 atom stereocenters. The molecule has 0 aromatic carbocycles. The smallest absolute Gasteiger partial charge is 0.218 e. The van der Waals surface area contributed by atoms with Gasteiger partial charge in [-0.3, -0.25) is 0 Å². The van der Waals surface area contributed by atoms with Crippen LogP contribution in [0.2, 0.25) is 0 Å². The zero-order chi connectivity index (χ0) is 18.2. The van der Waals surface area contributed by atoms with Crippen LogP contribution in [0.1, 0.15) is 32.1 Å². The molecule has 3 fully saturated rings. The minimum Gasteiger partial charge on any atom is -0.393 e. The number of piperidine rings is 1. The summed E-state index contributed by atoms with van der Waals surface area (Å²) in [5.41, 5.74) is 0. The van der Waals surface area contributed by atoms with E-state index < -0.39 is 22.2 Å². The molecule has 0 amide bonds. The summed E-state index contributed by atoms with van der Waals surface area (Å²) >= 11 is 12.3. The van der Waals surface area contributed by atoms with Crippen LogP contribution in [0, 0.1) is 11.8 Å². The highest BCUT2D eigenvalue weighted by Crippen LogP contribution is 2.38. The zero-order valence-corrected chi connectivity index (χ0v) is 16.6. The highest BCUT2D eigenvalue weighted by atomic mass is 35.5. The second-order valence-electron chi connectivity index (χ2n) is 7.62. The van der Waals surface area contributed by atoms with Crippen molar-refractivity contribution in [1.82, 2.24) is 9.62 Å². The third-order valence-electron chi connectivity index (χ3n) is 6.07. The fourth-order valence-corrected chi connectivity index (χ4v) is 6.88. The Morgan fingerprint density at radius 2 is 1.72 bits per heavy atom. The first-order valence-corrected chi connectivity index (χ1v) is 11.5. The molecule has 0 radical (unpaired) electrons. The highest BCUT2D eigenvalue weighted by Gasteiger charge is 2.43. The van der Waals surface area contributed by atoms with Crippen molar-refractivity contribution in [3.63, 3.8) is 0 Å². The third kappa shape index (κ3) is 4.28. The topological polar surface area (TPSA) is 89.9 Å². The van der Waals surface area contributed by atoms with Crippen molar-refractivity contribution in [2.45, 2.75) is 60.3 Å². The van der Waals surface area contributed by atoms with Crippen LogP contribution >= 0.6 is 23.2 Å². The predicted octanol–water partition coefficient (Wildman–Crippen LogP) is 0.737. The number of hydrogen-bond donors (Lipinski definition) is 3. The van der Waals surface area contributed by atoms with E-state index in [0.29, 0.717) is 51.7 Å². The van der Waals surface area contributed by atoms with Crippen molar-refractivity contribution < 1.29 is 18.6 Å². The summed E-state index contributed by atoms with van der Waals surface area (Å²) in [5.74, 6) is -0.298. The molecule has 1 saturated carbocycles. The summed E-state index contributed by atoms with van der Waals surface area (Å²) in [5, 5.41) is 23.3. The van der Waals surface area contributed by atoms with E-state index in [-0.39, 0.29) is 27.8 Å². The van der Waals surface area contributed by atoms with Gasteiger partial charge in [-0.05, 0) is 44.6 Å². The molecule has 3 rings (SSSR count). The Kier molecular flexibility index (Phi) is 6.57. The van der Waals surface area contributed by atoms with Crippen molar-refractivity contribution in [2.75, 3.05) is 26.2 Å². The van der Waals surface area contributed by atoms with Gasteiger partial charge in [0.25, 0.3) is 0 Å². The van der Waals surface area contributed by atoms with Gasteiger partial charge < -0.3 is 15.5 Å². The number of nitrogens with one attached hydrogen (secondary N) is 1. The van der Waals surface area contributed by atoms with Crippen LogP contribution in [-0.2, 0) is 10.0 Å². The molecule has 0 bridgehead atoms. The molecule has 2 saturated heterocycles. The molecule has 0 spiro atoms. The van der Waals surface area contributed by atoms with Crippen LogP contribution < -0.4 is 5.32 Å². The minimum atomic E-state index is -3.26. The number of alkyl halides is 2. The molecule has 146 valence electrons. The molecular weight excluding hydrogens is 387 g/mol. The lowest BCUT2D eigenvalue weighted by molar-refractivity contribution is -0.0462. The number of halogens is 2. The molecule has 3 N–H and O–H groups in total. The van der Waals surface area contributed by atoms with Crippen LogP contribution in [0.15, 0.2) is 0 Å². The van der Waals surface area contributed by atoms with Crippen LogP contribution in [0.25, 0.3) is 0 Å². The summed E-state index contributed by atoms with van der Waals surface area (Å²) < 4.78 is 26.9. The fraction of sp³-hybridized carbons (Fsp3) is 1.00. The molecule has 2 aliphatic heterocycles. The summed E-state index contributed by atoms with van der Waals surface area (Å²) in [4.78, 5) is 0. The lowest BCUT2D eigenvalue weighted by Gasteiger charge is -2.41. The number of aliphatic hydroxyl groups excluding tert-OH is 2. The molecule has 9 heteroatoms. The molecule has 3 aliphatic rings. The second kappa shape index (κ2) is 8.17. The molecule has 1 aliphatic carbocycles. The average molecular weight is 415 g/mol. The van der Waals surface area contributed by atoms with Crippen molar-refractivity contribution in [3.05, 3.63) is 0 Å². The van der Waals surface area contributed by atoms with Gasteiger partial charge in [-0.1, -0.05) is 0 Å². The van der Waals surface area contributed by atoms with Gasteiger partial charge in [0, 0.05) is 25.6 Å². The quantitative estimate of drug-likeness (QED) is 0.590. The zero-order valence-electron chi connectivity index (χ0n) is 14.2. The molecular formula is C16H28Cl2N2O4S. The number of sulfonamides is 1. The Hall–Kier alpha value is 0.370. The molecule has 2 heterocycles. The monoisotopic (exact) mass is 414 g/mol. The van der Waals surface area contributed by atoms with E-state index in [1.807, 2.05) is 0 Å². The summed E-state index contributed by atoms with van der Waals surface area (Å²) in [6, 6.07) is 0. The number of hydrogen-bond acceptors (Lipinski definition) is 5. The maximum Gasteiger partial charge on any atom is 0.218 e. The van der Waals surface area contributed by atoms with Crippen molar-refractivity contribution >= 4 is 33.2 Å². The van der Waals surface area contributed by atoms with Gasteiger partial charge >= 0.3 is 0 Å². The van der Waals surface area contributed by atoms with Gasteiger partial charge in [0.05, 0.1) is 28.2 Å². The van der Waals surface area contributed by atoms with Crippen molar-refractivity contribution in [1.29, 1.82) is 0 Å². The SMILES string of the molecule is O=S(=O)([C@H]1CCNC1)N1CCC([C@@H](O)C2CC(Cl)C(Cl)CC2O)CC1. The van der Waals surface area contributed by atoms with E-state index >= 15 is 0 Å². The minimum absolute atomic E-state index is 0.0106. The highest BCUT2D eigenvalue weighted by molar-refractivity contribution is 7.89. The van der Waals surface area contributed by atoms with Gasteiger partial charge in [0.1, 0.15) is 0 Å². The Labute approximate surface area is 159 Å². The maximum atomic E-state index is 12.6. The first kappa shape index (κ1) is 20.1. The number of nitrogens with zero attached hydrogens (tertiary/aromatic N) is 1. The van der Waals surface area contributed by atoms with Crippen LogP contribution in [0.4, 0.5) is 0 Å². The van der Waals surface area contributed by atoms with Gasteiger partial charge in [-0.15, -0.1) is 23.2 Å². The van der Waals surface area contributed by atoms with E-state index in [0.717, 1.165) is 6.54 Å². The van der Waals surface area contributed by atoms with E-state index in [1.165, 1.54) is 0 Å². The first-order valence-electron chi connectivity index (χ1n) is 9.14. The maximum absolute atomic E-state index is 12.6. The van der Waals surface area contributed by atoms with Gasteiger partial charge in [0.15, 0.2) is 0 Å². The molecule has 0 aromatic rings. The molecule has 25 heavy (non-hydrogen) atoms. The van der Waals surface area contributed by atoms with Crippen molar-refractivity contribution in [2.24, 2.45) is 11.8 Å². The van der Waals surface area contributed by atoms with Crippen LogP contribution in [-0.4, -0.2) is 77.3 Å². The second-order valence-corrected chi connectivity index (χ2v) is 11.0. The Morgan fingerprint density at radius 3 is 2.32 bits per heavy atom. The van der Waals surface area contributed by atoms with E-state index in [2.05, 4.69) is 5.32 Å². The normalized spacial score (nSPS) is 40.2. The average Bonchev–Trinajstić information content (AvgIpc) is 3.13. The van der Waals surface area contributed by atoms with E-state index in [9.17, 15) is 18.6 Å². The fourth-order valence-electron chi connectivity index (χ4n) is 4.40. The van der Waals surface area contributed by atoms with E-state index in [1.54, 1.807) is 4.31 Å². The lowest BCUT2D eigenvalue weighted by atomic mass is 9.75. The summed E-state index contributed by atoms with van der Waals surface area (Å²) in [6.07, 6.45) is 1.44. The third-order valence-corrected chi connectivity index (χ3v) is 9.49. The first-order chi connectivity index (χ1) is 11.8. The largest absolute Gasteiger partial charge is 0.393 e. The van der Waals surface area contributed by atoms with E-state index in [4.69, 9.17) is 23.2 Å². The molecule has 6 nitrogen and oxygen atoms in total. The number of rotatable bonds is 4. The van der Waals surface area contributed by atoms with Gasteiger partial charge in [-0.2, -0.15) is 0 Å². The van der Waals surface area contributed by atoms with Gasteiger partial charge in [-0.25, -0.2) is 12.7 Å². The Morgan fingerprint density at radius 1 is 1.08 bits per heavy atom. The number of aliphatic hydroxyl groups is 2. The molecule has 4 unspecified atom stereocenters. The Balaban J connectivity index is 1.56. The predicted molar refractivity (Wildman–Crippen MR) is 98.5 cm³/mol. The van der Waals surface area contributed by atoms with Crippen LogP contribution in [0.5, 0.6) is 0 Å². The summed E-state index contributed by atoms with van der Waals surface area (Å²) in [6.45, 7) is 2.15. The summed E-state index contributed by atoms with van der Waals surface area (Å²) in [7, 11) is -3.26. The van der Waals surface area contributed by atoms with Crippen molar-refractivity contribution in [3.8, 4) is 0 Å². The Bertz CT molecular complexity index is 550. The standard InChI is InChI=1S/C16H28Cl2N2O4S/c17-13-7-12(15(21)8-14(13)18)16(22)10-2-5-20(6-3-10)25(23,24)11-1-4-19-9-11/h10-16,19,21-22H,1-9H2/t11-,12?,13?,14?,15?,16+/m0/s1. The lowest BCUT2D eigenvalue weighted by Crippen LogP contribution is -2.49. The van der Waals surface area contributed by atoms with Crippen LogP contribution in [0.3, 0.4) is 0 Å².